The van der Waals surface area contributed by atoms with E-state index in [1.807, 2.05) is 36.4 Å². The number of benzene rings is 2. The summed E-state index contributed by atoms with van der Waals surface area (Å²) in [4.78, 5) is 24.6. The summed E-state index contributed by atoms with van der Waals surface area (Å²) in [7, 11) is 0. The first kappa shape index (κ1) is 17.7. The van der Waals surface area contributed by atoms with E-state index in [9.17, 15) is 9.59 Å². The van der Waals surface area contributed by atoms with E-state index in [2.05, 4.69) is 27.8 Å². The standard InChI is InChI=1S/C19H16BrNO3/c1-2-11-24-19(23)17(12-14-7-4-3-5-8-14)21-18(22)15-9-6-10-16(20)13-15/h2-10,12-13H,1,11H2,(H,21,22)/b17-12-. The lowest BCUT2D eigenvalue weighted by atomic mass is 10.1. The third kappa shape index (κ3) is 5.21. The first-order chi connectivity index (χ1) is 11.6. The zero-order chi connectivity index (χ0) is 17.4. The van der Waals surface area contributed by atoms with Crippen LogP contribution in [0.3, 0.4) is 0 Å². The van der Waals surface area contributed by atoms with Gasteiger partial charge in [0, 0.05) is 10.0 Å². The highest BCUT2D eigenvalue weighted by Crippen LogP contribution is 2.13. The molecule has 1 amide bonds. The van der Waals surface area contributed by atoms with Crippen LogP contribution >= 0.6 is 15.9 Å². The molecule has 1 N–H and O–H groups in total. The molecular weight excluding hydrogens is 370 g/mol. The summed E-state index contributed by atoms with van der Waals surface area (Å²) in [5.74, 6) is -1.02. The molecule has 5 heteroatoms. The summed E-state index contributed by atoms with van der Waals surface area (Å²) in [5.41, 5.74) is 1.27. The van der Waals surface area contributed by atoms with Gasteiger partial charge in [0.25, 0.3) is 5.91 Å². The van der Waals surface area contributed by atoms with E-state index in [4.69, 9.17) is 4.74 Å². The summed E-state index contributed by atoms with van der Waals surface area (Å²) in [6, 6.07) is 16.1. The number of carbonyl (C=O) groups is 2. The van der Waals surface area contributed by atoms with Gasteiger partial charge in [-0.05, 0) is 29.8 Å². The van der Waals surface area contributed by atoms with Crippen molar-refractivity contribution in [3.8, 4) is 0 Å². The lowest BCUT2D eigenvalue weighted by Gasteiger charge is -2.10. The molecule has 0 fully saturated rings. The number of hydrogen-bond acceptors (Lipinski definition) is 3. The van der Waals surface area contributed by atoms with Crippen LogP contribution in [0.4, 0.5) is 0 Å². The van der Waals surface area contributed by atoms with Gasteiger partial charge in [-0.15, -0.1) is 0 Å². The van der Waals surface area contributed by atoms with Crippen molar-refractivity contribution in [1.82, 2.24) is 5.32 Å². The third-order valence-corrected chi connectivity index (χ3v) is 3.49. The zero-order valence-electron chi connectivity index (χ0n) is 12.9. The van der Waals surface area contributed by atoms with Crippen molar-refractivity contribution in [2.75, 3.05) is 6.61 Å². The molecule has 0 aliphatic rings. The Kier molecular flexibility index (Phi) is 6.51. The number of amides is 1. The molecule has 4 nitrogen and oxygen atoms in total. The second kappa shape index (κ2) is 8.84. The average molecular weight is 386 g/mol. The molecule has 0 spiro atoms. The van der Waals surface area contributed by atoms with Gasteiger partial charge >= 0.3 is 5.97 Å². The van der Waals surface area contributed by atoms with Crippen LogP contribution in [-0.2, 0) is 9.53 Å². The number of halogens is 1. The molecule has 0 aliphatic carbocycles. The Labute approximate surface area is 149 Å². The molecular formula is C19H16BrNO3. The van der Waals surface area contributed by atoms with E-state index >= 15 is 0 Å². The summed E-state index contributed by atoms with van der Waals surface area (Å²) >= 11 is 3.32. The zero-order valence-corrected chi connectivity index (χ0v) is 14.5. The van der Waals surface area contributed by atoms with Crippen LogP contribution in [0, 0.1) is 0 Å². The van der Waals surface area contributed by atoms with Gasteiger partial charge in [-0.3, -0.25) is 4.79 Å². The highest BCUT2D eigenvalue weighted by molar-refractivity contribution is 9.10. The van der Waals surface area contributed by atoms with Gasteiger partial charge < -0.3 is 10.1 Å². The number of nitrogens with one attached hydrogen (secondary N) is 1. The molecule has 2 aromatic rings. The SMILES string of the molecule is C=CCOC(=O)/C(=C/c1ccccc1)NC(=O)c1cccc(Br)c1. The predicted octanol–water partition coefficient (Wildman–Crippen LogP) is 3.95. The Balaban J connectivity index is 2.25. The normalized spacial score (nSPS) is 10.8. The van der Waals surface area contributed by atoms with Crippen LogP contribution in [-0.4, -0.2) is 18.5 Å². The van der Waals surface area contributed by atoms with Gasteiger partial charge in [0.2, 0.25) is 0 Å². The third-order valence-electron chi connectivity index (χ3n) is 3.00. The quantitative estimate of drug-likeness (QED) is 0.465. The Morgan fingerprint density at radius 1 is 1.12 bits per heavy atom. The second-order valence-corrected chi connectivity index (χ2v) is 5.74. The van der Waals surface area contributed by atoms with Gasteiger partial charge in [-0.1, -0.05) is 65.0 Å². The number of rotatable bonds is 6. The minimum Gasteiger partial charge on any atom is -0.457 e. The van der Waals surface area contributed by atoms with E-state index in [0.29, 0.717) is 5.56 Å². The molecule has 122 valence electrons. The molecule has 0 saturated heterocycles. The first-order valence-corrected chi connectivity index (χ1v) is 8.01. The second-order valence-electron chi connectivity index (χ2n) is 4.82. The van der Waals surface area contributed by atoms with Crippen molar-refractivity contribution in [3.05, 3.63) is 88.5 Å². The first-order valence-electron chi connectivity index (χ1n) is 7.22. The van der Waals surface area contributed by atoms with Crippen LogP contribution in [0.15, 0.2) is 77.4 Å². The summed E-state index contributed by atoms with van der Waals surface area (Å²) in [6.07, 6.45) is 3.04. The number of carbonyl (C=O) groups excluding carboxylic acids is 2. The van der Waals surface area contributed by atoms with E-state index < -0.39 is 11.9 Å². The molecule has 0 aliphatic heterocycles. The topological polar surface area (TPSA) is 55.4 Å². The van der Waals surface area contributed by atoms with E-state index in [-0.39, 0.29) is 12.3 Å². The molecule has 0 saturated carbocycles. The summed E-state index contributed by atoms with van der Waals surface area (Å²) in [5, 5.41) is 2.61. The van der Waals surface area contributed by atoms with Crippen LogP contribution in [0.25, 0.3) is 6.08 Å². The minimum absolute atomic E-state index is 0.0630. The Morgan fingerprint density at radius 2 is 1.88 bits per heavy atom. The monoisotopic (exact) mass is 385 g/mol. The highest BCUT2D eigenvalue weighted by Gasteiger charge is 2.15. The largest absolute Gasteiger partial charge is 0.457 e. The van der Waals surface area contributed by atoms with Gasteiger partial charge in [0.1, 0.15) is 12.3 Å². The summed E-state index contributed by atoms with van der Waals surface area (Å²) < 4.78 is 5.81. The average Bonchev–Trinajstić information content (AvgIpc) is 2.60. The smallest absolute Gasteiger partial charge is 0.355 e. The highest BCUT2D eigenvalue weighted by atomic mass is 79.9. The molecule has 0 aromatic heterocycles. The van der Waals surface area contributed by atoms with Gasteiger partial charge in [-0.25, -0.2) is 4.79 Å². The summed E-state index contributed by atoms with van der Waals surface area (Å²) in [6.45, 7) is 3.57. The van der Waals surface area contributed by atoms with Gasteiger partial charge in [-0.2, -0.15) is 0 Å². The fourth-order valence-corrected chi connectivity index (χ4v) is 2.30. The number of esters is 1. The Morgan fingerprint density at radius 3 is 2.54 bits per heavy atom. The number of ether oxygens (including phenoxy) is 1. The van der Waals surface area contributed by atoms with Crippen LogP contribution in [0.5, 0.6) is 0 Å². The predicted molar refractivity (Wildman–Crippen MR) is 97.2 cm³/mol. The van der Waals surface area contributed by atoms with Crippen molar-refractivity contribution >= 4 is 33.9 Å². The molecule has 0 radical (unpaired) electrons. The van der Waals surface area contributed by atoms with Gasteiger partial charge in [0.05, 0.1) is 0 Å². The maximum Gasteiger partial charge on any atom is 0.355 e. The van der Waals surface area contributed by atoms with Crippen LogP contribution < -0.4 is 5.32 Å². The maximum absolute atomic E-state index is 12.4. The Hall–Kier alpha value is -2.66. The Bertz CT molecular complexity index is 769. The molecule has 24 heavy (non-hydrogen) atoms. The van der Waals surface area contributed by atoms with Crippen molar-refractivity contribution < 1.29 is 14.3 Å². The van der Waals surface area contributed by atoms with Crippen molar-refractivity contribution in [1.29, 1.82) is 0 Å². The molecule has 0 atom stereocenters. The molecule has 0 bridgehead atoms. The van der Waals surface area contributed by atoms with Crippen molar-refractivity contribution in [2.24, 2.45) is 0 Å². The van der Waals surface area contributed by atoms with Crippen LogP contribution in [0.1, 0.15) is 15.9 Å². The van der Waals surface area contributed by atoms with E-state index in [0.717, 1.165) is 10.0 Å². The minimum atomic E-state index is -0.623. The van der Waals surface area contributed by atoms with Crippen molar-refractivity contribution in [3.63, 3.8) is 0 Å². The lowest BCUT2D eigenvalue weighted by molar-refractivity contribution is -0.138. The molecule has 2 rings (SSSR count). The fourth-order valence-electron chi connectivity index (χ4n) is 1.90. The van der Waals surface area contributed by atoms with Gasteiger partial charge in [0.15, 0.2) is 0 Å². The van der Waals surface area contributed by atoms with Crippen LogP contribution in [0.2, 0.25) is 0 Å². The number of hydrogen-bond donors (Lipinski definition) is 1. The maximum atomic E-state index is 12.4. The molecule has 2 aromatic carbocycles. The molecule has 0 heterocycles. The van der Waals surface area contributed by atoms with E-state index in [1.165, 1.54) is 6.08 Å². The van der Waals surface area contributed by atoms with Crippen molar-refractivity contribution in [2.45, 2.75) is 0 Å². The lowest BCUT2D eigenvalue weighted by Crippen LogP contribution is -2.28. The molecule has 0 unspecified atom stereocenters. The van der Waals surface area contributed by atoms with E-state index in [1.54, 1.807) is 24.3 Å². The fraction of sp³-hybridized carbons (Fsp3) is 0.0526.